The van der Waals surface area contributed by atoms with Crippen molar-refractivity contribution >= 4 is 27.5 Å². The van der Waals surface area contributed by atoms with Crippen molar-refractivity contribution in [2.75, 3.05) is 13.6 Å². The van der Waals surface area contributed by atoms with Gasteiger partial charge in [0, 0.05) is 34.2 Å². The first-order valence-electron chi connectivity index (χ1n) is 6.61. The summed E-state index contributed by atoms with van der Waals surface area (Å²) >= 11 is 9.42. The molecule has 0 saturated heterocycles. The Bertz CT molecular complexity index is 621. The van der Waals surface area contributed by atoms with Crippen molar-refractivity contribution in [1.82, 2.24) is 4.90 Å². The van der Waals surface area contributed by atoms with Gasteiger partial charge in [0.05, 0.1) is 0 Å². The molecule has 2 aromatic rings. The lowest BCUT2D eigenvalue weighted by Crippen LogP contribution is -2.30. The summed E-state index contributed by atoms with van der Waals surface area (Å²) < 4.78 is 15.0. The second-order valence-electron chi connectivity index (χ2n) is 4.96. The van der Waals surface area contributed by atoms with Crippen LogP contribution in [0.1, 0.15) is 17.2 Å². The normalized spacial score (nSPS) is 12.7. The average molecular weight is 372 g/mol. The topological polar surface area (TPSA) is 29.3 Å². The first kappa shape index (κ1) is 16.4. The SMILES string of the molecule is CN(Cc1cccc(Br)c1)C(CN)c1cc(Cl)ccc1F. The van der Waals surface area contributed by atoms with Gasteiger partial charge in [-0.2, -0.15) is 0 Å². The van der Waals surface area contributed by atoms with Crippen LogP contribution in [0.2, 0.25) is 5.02 Å². The van der Waals surface area contributed by atoms with Gasteiger partial charge < -0.3 is 5.73 Å². The second kappa shape index (κ2) is 7.36. The van der Waals surface area contributed by atoms with E-state index in [0.717, 1.165) is 10.0 Å². The zero-order chi connectivity index (χ0) is 15.4. The van der Waals surface area contributed by atoms with Gasteiger partial charge in [-0.15, -0.1) is 0 Å². The van der Waals surface area contributed by atoms with Crippen molar-refractivity contribution in [2.45, 2.75) is 12.6 Å². The standard InChI is InChI=1S/C16H17BrClFN2/c1-21(10-11-3-2-4-12(17)7-11)16(9-20)14-8-13(18)5-6-15(14)19/h2-8,16H,9-10,20H2,1H3. The predicted molar refractivity (Wildman–Crippen MR) is 88.8 cm³/mol. The molecular formula is C16H17BrClFN2. The van der Waals surface area contributed by atoms with E-state index in [1.165, 1.54) is 6.07 Å². The Morgan fingerprint density at radius 2 is 2.05 bits per heavy atom. The number of hydrogen-bond acceptors (Lipinski definition) is 2. The van der Waals surface area contributed by atoms with Crippen molar-refractivity contribution in [3.8, 4) is 0 Å². The maximum Gasteiger partial charge on any atom is 0.128 e. The summed E-state index contributed by atoms with van der Waals surface area (Å²) in [5.41, 5.74) is 7.51. The molecule has 2 aromatic carbocycles. The number of nitrogens with two attached hydrogens (primary N) is 1. The lowest BCUT2D eigenvalue weighted by atomic mass is 10.0. The highest BCUT2D eigenvalue weighted by atomic mass is 79.9. The molecule has 0 aromatic heterocycles. The Kier molecular flexibility index (Phi) is 5.76. The first-order valence-corrected chi connectivity index (χ1v) is 7.78. The largest absolute Gasteiger partial charge is 0.329 e. The molecule has 0 saturated carbocycles. The van der Waals surface area contributed by atoms with Crippen LogP contribution in [0.4, 0.5) is 4.39 Å². The first-order chi connectivity index (χ1) is 10.0. The average Bonchev–Trinajstić information content (AvgIpc) is 2.43. The molecular weight excluding hydrogens is 355 g/mol. The lowest BCUT2D eigenvalue weighted by molar-refractivity contribution is 0.236. The molecule has 0 radical (unpaired) electrons. The highest BCUT2D eigenvalue weighted by Gasteiger charge is 2.19. The van der Waals surface area contributed by atoms with E-state index in [1.807, 2.05) is 36.2 Å². The van der Waals surface area contributed by atoms with Crippen LogP contribution in [0.5, 0.6) is 0 Å². The number of halogens is 3. The van der Waals surface area contributed by atoms with E-state index in [9.17, 15) is 4.39 Å². The van der Waals surface area contributed by atoms with Gasteiger partial charge >= 0.3 is 0 Å². The molecule has 0 heterocycles. The number of hydrogen-bond donors (Lipinski definition) is 1. The summed E-state index contributed by atoms with van der Waals surface area (Å²) in [7, 11) is 1.93. The molecule has 0 aliphatic rings. The van der Waals surface area contributed by atoms with Crippen LogP contribution in [0, 0.1) is 5.82 Å². The summed E-state index contributed by atoms with van der Waals surface area (Å²) in [6.07, 6.45) is 0. The smallest absolute Gasteiger partial charge is 0.128 e. The molecule has 1 atom stereocenters. The van der Waals surface area contributed by atoms with Gasteiger partial charge in [-0.05, 0) is 42.9 Å². The third kappa shape index (κ3) is 4.27. The fourth-order valence-corrected chi connectivity index (χ4v) is 2.98. The fourth-order valence-electron chi connectivity index (χ4n) is 2.35. The minimum absolute atomic E-state index is 0.220. The molecule has 0 aliphatic carbocycles. The van der Waals surface area contributed by atoms with Crippen molar-refractivity contribution in [3.05, 3.63) is 68.9 Å². The van der Waals surface area contributed by atoms with Gasteiger partial charge in [0.25, 0.3) is 0 Å². The number of benzene rings is 2. The molecule has 1 unspecified atom stereocenters. The number of nitrogens with zero attached hydrogens (tertiary/aromatic N) is 1. The highest BCUT2D eigenvalue weighted by Crippen LogP contribution is 2.26. The van der Waals surface area contributed by atoms with E-state index in [4.69, 9.17) is 17.3 Å². The van der Waals surface area contributed by atoms with E-state index in [1.54, 1.807) is 12.1 Å². The Morgan fingerprint density at radius 3 is 2.71 bits per heavy atom. The molecule has 2 rings (SSSR count). The fraction of sp³-hybridized carbons (Fsp3) is 0.250. The zero-order valence-electron chi connectivity index (χ0n) is 11.7. The quantitative estimate of drug-likeness (QED) is 0.845. The maximum atomic E-state index is 14.0. The molecule has 112 valence electrons. The van der Waals surface area contributed by atoms with E-state index in [2.05, 4.69) is 15.9 Å². The van der Waals surface area contributed by atoms with Crippen LogP contribution in [0.3, 0.4) is 0 Å². The Hall–Kier alpha value is -0.940. The van der Waals surface area contributed by atoms with Crippen molar-refractivity contribution in [2.24, 2.45) is 5.73 Å². The van der Waals surface area contributed by atoms with E-state index < -0.39 is 0 Å². The molecule has 5 heteroatoms. The maximum absolute atomic E-state index is 14.0. The van der Waals surface area contributed by atoms with E-state index in [0.29, 0.717) is 23.7 Å². The molecule has 2 nitrogen and oxygen atoms in total. The van der Waals surface area contributed by atoms with Crippen molar-refractivity contribution in [3.63, 3.8) is 0 Å². The summed E-state index contributed by atoms with van der Waals surface area (Å²) in [6.45, 7) is 0.995. The zero-order valence-corrected chi connectivity index (χ0v) is 14.0. The molecule has 2 N–H and O–H groups in total. The van der Waals surface area contributed by atoms with Crippen LogP contribution in [0.15, 0.2) is 46.9 Å². The third-order valence-electron chi connectivity index (χ3n) is 3.39. The molecule has 0 bridgehead atoms. The van der Waals surface area contributed by atoms with Gasteiger partial charge in [-0.25, -0.2) is 4.39 Å². The van der Waals surface area contributed by atoms with E-state index in [-0.39, 0.29) is 11.9 Å². The Labute approximate surface area is 137 Å². The van der Waals surface area contributed by atoms with Crippen LogP contribution in [-0.2, 0) is 6.54 Å². The number of likely N-dealkylation sites (N-methyl/N-ethyl adjacent to an activating group) is 1. The summed E-state index contributed by atoms with van der Waals surface area (Å²) in [4.78, 5) is 2.02. The number of rotatable bonds is 5. The Balaban J connectivity index is 2.22. The van der Waals surface area contributed by atoms with Gasteiger partial charge in [0.1, 0.15) is 5.82 Å². The van der Waals surface area contributed by atoms with Crippen LogP contribution >= 0.6 is 27.5 Å². The molecule has 0 spiro atoms. The molecule has 0 aliphatic heterocycles. The van der Waals surface area contributed by atoms with Crippen LogP contribution < -0.4 is 5.73 Å². The van der Waals surface area contributed by atoms with Gasteiger partial charge in [0.2, 0.25) is 0 Å². The van der Waals surface area contributed by atoms with Gasteiger partial charge in [0.15, 0.2) is 0 Å². The second-order valence-corrected chi connectivity index (χ2v) is 6.31. The van der Waals surface area contributed by atoms with E-state index >= 15 is 0 Å². The molecule has 21 heavy (non-hydrogen) atoms. The monoisotopic (exact) mass is 370 g/mol. The molecule has 0 amide bonds. The van der Waals surface area contributed by atoms with Crippen molar-refractivity contribution in [1.29, 1.82) is 0 Å². The predicted octanol–water partition coefficient (Wildman–Crippen LogP) is 4.37. The summed E-state index contributed by atoms with van der Waals surface area (Å²) in [5.74, 6) is -0.282. The van der Waals surface area contributed by atoms with Crippen molar-refractivity contribution < 1.29 is 4.39 Å². The summed E-state index contributed by atoms with van der Waals surface area (Å²) in [6, 6.07) is 12.4. The third-order valence-corrected chi connectivity index (χ3v) is 4.12. The Morgan fingerprint density at radius 1 is 1.29 bits per heavy atom. The minimum atomic E-state index is -0.282. The molecule has 0 fully saturated rings. The van der Waals surface area contributed by atoms with Gasteiger partial charge in [-0.1, -0.05) is 39.7 Å². The highest BCUT2D eigenvalue weighted by molar-refractivity contribution is 9.10. The van der Waals surface area contributed by atoms with Crippen LogP contribution in [0.25, 0.3) is 0 Å². The summed E-state index contributed by atoms with van der Waals surface area (Å²) in [5, 5.41) is 0.515. The lowest BCUT2D eigenvalue weighted by Gasteiger charge is -2.28. The van der Waals surface area contributed by atoms with Gasteiger partial charge in [-0.3, -0.25) is 4.90 Å². The van der Waals surface area contributed by atoms with Crippen LogP contribution in [-0.4, -0.2) is 18.5 Å². The minimum Gasteiger partial charge on any atom is -0.329 e.